The minimum Gasteiger partial charge on any atom is -0.334 e. The number of rotatable bonds is 3. The van der Waals surface area contributed by atoms with Crippen molar-refractivity contribution in [1.82, 2.24) is 28.7 Å². The van der Waals surface area contributed by atoms with Crippen molar-refractivity contribution in [2.24, 2.45) is 7.05 Å². The van der Waals surface area contributed by atoms with Gasteiger partial charge >= 0.3 is 0 Å². The molecule has 0 aliphatic heterocycles. The van der Waals surface area contributed by atoms with E-state index in [0.29, 0.717) is 0 Å². The van der Waals surface area contributed by atoms with Crippen molar-refractivity contribution in [1.29, 1.82) is 0 Å². The van der Waals surface area contributed by atoms with Crippen LogP contribution in [0.5, 0.6) is 0 Å². The molecular weight excluding hydrogens is 276 g/mol. The van der Waals surface area contributed by atoms with Gasteiger partial charge in [0.15, 0.2) is 5.82 Å². The maximum atomic E-state index is 4.51. The molecule has 0 spiro atoms. The van der Waals surface area contributed by atoms with E-state index in [9.17, 15) is 0 Å². The Morgan fingerprint density at radius 2 is 2.05 bits per heavy atom. The average Bonchev–Trinajstić information content (AvgIpc) is 3.25. The van der Waals surface area contributed by atoms with Crippen LogP contribution in [0.25, 0.3) is 28.2 Å². The molecule has 4 rings (SSSR count). The standard InChI is InChI=1S/C16H16N6/c1-3-21-10-17-9-15(21)16-18-6-7-22(16)12-4-5-13-14(8-12)20(2)11-19-13/h4-11H,3H2,1-2H3. The van der Waals surface area contributed by atoms with E-state index in [0.717, 1.165) is 34.8 Å². The van der Waals surface area contributed by atoms with Crippen molar-refractivity contribution in [2.45, 2.75) is 13.5 Å². The fraction of sp³-hybridized carbons (Fsp3) is 0.188. The first-order valence-electron chi connectivity index (χ1n) is 7.23. The third-order valence-electron chi connectivity index (χ3n) is 3.91. The third-order valence-corrected chi connectivity index (χ3v) is 3.91. The topological polar surface area (TPSA) is 53.5 Å². The zero-order valence-electron chi connectivity index (χ0n) is 12.5. The number of aromatic nitrogens is 6. The summed E-state index contributed by atoms with van der Waals surface area (Å²) < 4.78 is 6.18. The predicted octanol–water partition coefficient (Wildman–Crippen LogP) is 2.64. The fourth-order valence-electron chi connectivity index (χ4n) is 2.72. The number of aryl methyl sites for hydroxylation is 2. The Morgan fingerprint density at radius 1 is 1.14 bits per heavy atom. The molecule has 0 saturated heterocycles. The van der Waals surface area contributed by atoms with Gasteiger partial charge in [0.25, 0.3) is 0 Å². The van der Waals surface area contributed by atoms with E-state index in [1.807, 2.05) is 48.9 Å². The zero-order chi connectivity index (χ0) is 15.1. The van der Waals surface area contributed by atoms with Gasteiger partial charge in [-0.25, -0.2) is 15.0 Å². The van der Waals surface area contributed by atoms with E-state index in [1.165, 1.54) is 0 Å². The van der Waals surface area contributed by atoms with Crippen molar-refractivity contribution >= 4 is 11.0 Å². The highest BCUT2D eigenvalue weighted by atomic mass is 15.1. The van der Waals surface area contributed by atoms with Crippen LogP contribution in [0.15, 0.2) is 49.4 Å². The molecule has 3 aromatic heterocycles. The molecule has 0 saturated carbocycles. The van der Waals surface area contributed by atoms with E-state index >= 15 is 0 Å². The monoisotopic (exact) mass is 292 g/mol. The van der Waals surface area contributed by atoms with Gasteiger partial charge < -0.3 is 9.13 Å². The van der Waals surface area contributed by atoms with Crippen LogP contribution < -0.4 is 0 Å². The molecular formula is C16H16N6. The van der Waals surface area contributed by atoms with Crippen LogP contribution in [0.4, 0.5) is 0 Å². The van der Waals surface area contributed by atoms with Crippen LogP contribution in [-0.2, 0) is 13.6 Å². The molecule has 0 radical (unpaired) electrons. The lowest BCUT2D eigenvalue weighted by molar-refractivity contribution is 0.762. The maximum Gasteiger partial charge on any atom is 0.162 e. The summed E-state index contributed by atoms with van der Waals surface area (Å²) in [6, 6.07) is 6.22. The molecule has 0 aliphatic carbocycles. The first-order chi connectivity index (χ1) is 10.8. The second-order valence-electron chi connectivity index (χ2n) is 5.21. The summed E-state index contributed by atoms with van der Waals surface area (Å²) in [5, 5.41) is 0. The summed E-state index contributed by atoms with van der Waals surface area (Å²) in [4.78, 5) is 13.1. The fourth-order valence-corrected chi connectivity index (χ4v) is 2.72. The number of nitrogens with zero attached hydrogens (tertiary/aromatic N) is 6. The number of hydrogen-bond acceptors (Lipinski definition) is 3. The van der Waals surface area contributed by atoms with Gasteiger partial charge in [-0.1, -0.05) is 0 Å². The lowest BCUT2D eigenvalue weighted by Crippen LogP contribution is -2.02. The molecule has 6 nitrogen and oxygen atoms in total. The summed E-state index contributed by atoms with van der Waals surface area (Å²) in [6.45, 7) is 2.96. The highest BCUT2D eigenvalue weighted by Crippen LogP contribution is 2.23. The molecule has 0 N–H and O–H groups in total. The van der Waals surface area contributed by atoms with Crippen molar-refractivity contribution in [2.75, 3.05) is 0 Å². The molecule has 0 amide bonds. The van der Waals surface area contributed by atoms with Crippen LogP contribution in [0.1, 0.15) is 6.92 Å². The third kappa shape index (κ3) is 1.84. The summed E-state index contributed by atoms with van der Waals surface area (Å²) in [5.41, 5.74) is 4.16. The van der Waals surface area contributed by atoms with Gasteiger partial charge in [-0.05, 0) is 25.1 Å². The molecule has 6 heteroatoms. The Morgan fingerprint density at radius 3 is 2.91 bits per heavy atom. The molecule has 0 atom stereocenters. The number of hydrogen-bond donors (Lipinski definition) is 0. The molecule has 1 aromatic carbocycles. The molecule has 0 unspecified atom stereocenters. The molecule has 0 aliphatic rings. The Balaban J connectivity index is 1.89. The van der Waals surface area contributed by atoms with Gasteiger partial charge in [0.1, 0.15) is 5.69 Å². The highest BCUT2D eigenvalue weighted by molar-refractivity contribution is 5.78. The number of fused-ring (bicyclic) bond motifs is 1. The van der Waals surface area contributed by atoms with Crippen molar-refractivity contribution < 1.29 is 0 Å². The molecule has 0 bridgehead atoms. The first kappa shape index (κ1) is 12.8. The molecule has 3 heterocycles. The average molecular weight is 292 g/mol. The van der Waals surface area contributed by atoms with Gasteiger partial charge in [0.05, 0.1) is 29.9 Å². The number of benzene rings is 1. The summed E-state index contributed by atoms with van der Waals surface area (Å²) in [5.74, 6) is 0.890. The van der Waals surface area contributed by atoms with Crippen LogP contribution in [-0.4, -0.2) is 28.7 Å². The predicted molar refractivity (Wildman–Crippen MR) is 84.7 cm³/mol. The van der Waals surface area contributed by atoms with Gasteiger partial charge in [0.2, 0.25) is 0 Å². The van der Waals surface area contributed by atoms with Gasteiger partial charge in [0, 0.05) is 31.7 Å². The Hall–Kier alpha value is -2.89. The van der Waals surface area contributed by atoms with Gasteiger partial charge in [-0.2, -0.15) is 0 Å². The van der Waals surface area contributed by atoms with Crippen LogP contribution >= 0.6 is 0 Å². The number of imidazole rings is 3. The zero-order valence-corrected chi connectivity index (χ0v) is 12.5. The second-order valence-corrected chi connectivity index (χ2v) is 5.21. The quantitative estimate of drug-likeness (QED) is 0.583. The van der Waals surface area contributed by atoms with Crippen molar-refractivity contribution in [3.05, 3.63) is 49.4 Å². The van der Waals surface area contributed by atoms with E-state index in [4.69, 9.17) is 0 Å². The maximum absolute atomic E-state index is 4.51. The molecule has 4 aromatic rings. The lowest BCUT2D eigenvalue weighted by Gasteiger charge is -2.10. The summed E-state index contributed by atoms with van der Waals surface area (Å²) in [6.07, 6.45) is 9.30. The Kier molecular flexibility index (Phi) is 2.82. The van der Waals surface area contributed by atoms with Gasteiger partial charge in [-0.3, -0.25) is 4.57 Å². The largest absolute Gasteiger partial charge is 0.334 e. The van der Waals surface area contributed by atoms with Crippen molar-refractivity contribution in [3.8, 4) is 17.2 Å². The minimum absolute atomic E-state index is 0.864. The van der Waals surface area contributed by atoms with Gasteiger partial charge in [-0.15, -0.1) is 0 Å². The Bertz CT molecular complexity index is 943. The second kappa shape index (κ2) is 4.84. The highest BCUT2D eigenvalue weighted by Gasteiger charge is 2.12. The molecule has 110 valence electrons. The van der Waals surface area contributed by atoms with E-state index < -0.39 is 0 Å². The van der Waals surface area contributed by atoms with Crippen LogP contribution in [0.3, 0.4) is 0 Å². The Labute approximate surface area is 127 Å². The SMILES string of the molecule is CCn1cncc1-c1nccn1-c1ccc2ncn(C)c2c1. The summed E-state index contributed by atoms with van der Waals surface area (Å²) in [7, 11) is 2.00. The normalized spacial score (nSPS) is 11.4. The minimum atomic E-state index is 0.864. The summed E-state index contributed by atoms with van der Waals surface area (Å²) >= 11 is 0. The smallest absolute Gasteiger partial charge is 0.162 e. The molecule has 0 fully saturated rings. The van der Waals surface area contributed by atoms with E-state index in [-0.39, 0.29) is 0 Å². The lowest BCUT2D eigenvalue weighted by atomic mass is 10.2. The van der Waals surface area contributed by atoms with Crippen molar-refractivity contribution in [3.63, 3.8) is 0 Å². The molecule has 22 heavy (non-hydrogen) atoms. The van der Waals surface area contributed by atoms with Crippen LogP contribution in [0.2, 0.25) is 0 Å². The first-order valence-corrected chi connectivity index (χ1v) is 7.23. The van der Waals surface area contributed by atoms with Crippen LogP contribution in [0, 0.1) is 0 Å². The van der Waals surface area contributed by atoms with E-state index in [1.54, 1.807) is 0 Å². The van der Waals surface area contributed by atoms with E-state index in [2.05, 4.69) is 43.1 Å².